The third kappa shape index (κ3) is 4.57. The molecule has 1 saturated heterocycles. The number of amides is 1. The first-order valence-electron chi connectivity index (χ1n) is 11.3. The minimum Gasteiger partial charge on any atom is -0.343 e. The minimum absolute atomic E-state index is 0.247. The lowest BCUT2D eigenvalue weighted by Gasteiger charge is -2.26. The van der Waals surface area contributed by atoms with Crippen molar-refractivity contribution < 1.29 is 26.4 Å². The van der Waals surface area contributed by atoms with Gasteiger partial charge in [-0.05, 0) is 38.3 Å². The molecule has 0 bridgehead atoms. The Kier molecular flexibility index (Phi) is 6.03. The second-order valence-corrected chi connectivity index (χ2v) is 12.2. The number of thiazole rings is 1. The molecule has 1 aromatic carbocycles. The molecule has 5 rings (SSSR count). The summed E-state index contributed by atoms with van der Waals surface area (Å²) in [5.74, 6) is -0.179. The number of hydrogen-bond donors (Lipinski definition) is 1. The highest BCUT2D eigenvalue weighted by Crippen LogP contribution is 2.40. The van der Waals surface area contributed by atoms with Gasteiger partial charge in [0.1, 0.15) is 17.4 Å². The Labute approximate surface area is 214 Å². The molecule has 1 aliphatic heterocycles. The maximum Gasteiger partial charge on any atom is 0.417 e. The first kappa shape index (κ1) is 25.2. The van der Waals surface area contributed by atoms with Crippen LogP contribution in [0, 0.1) is 18.3 Å². The Morgan fingerprint density at radius 3 is 2.65 bits per heavy atom. The molecule has 2 aromatic heterocycles. The summed E-state index contributed by atoms with van der Waals surface area (Å²) in [6.07, 6.45) is -2.62. The van der Waals surface area contributed by atoms with Gasteiger partial charge in [-0.3, -0.25) is 4.79 Å². The molecule has 3 aromatic rings. The number of sulfone groups is 1. The topological polar surface area (TPSA) is 121 Å². The molecular formula is C23H21F3N6O3S2. The van der Waals surface area contributed by atoms with Gasteiger partial charge in [-0.15, -0.1) is 11.3 Å². The number of alkyl halides is 3. The van der Waals surface area contributed by atoms with E-state index in [0.717, 1.165) is 18.2 Å². The van der Waals surface area contributed by atoms with Crippen molar-refractivity contribution in [1.29, 1.82) is 5.26 Å². The van der Waals surface area contributed by atoms with Crippen LogP contribution in [0.4, 0.5) is 19.0 Å². The van der Waals surface area contributed by atoms with E-state index in [1.807, 2.05) is 0 Å². The number of nitrogens with one attached hydrogen (secondary N) is 1. The molecule has 1 unspecified atom stereocenters. The normalized spacial score (nSPS) is 21.0. The summed E-state index contributed by atoms with van der Waals surface area (Å²) in [4.78, 5) is 18.3. The first-order chi connectivity index (χ1) is 17.4. The SMILES string of the molecule is Cc1cc(N2CC(S(=O)(=O)c3ccccc3C(F)(F)F)C[C@H]2C(=O)NC2(C#N)CC2)n(-c2nccs2)n1. The van der Waals surface area contributed by atoms with Crippen molar-refractivity contribution in [3.05, 3.63) is 53.2 Å². The van der Waals surface area contributed by atoms with Gasteiger partial charge >= 0.3 is 6.18 Å². The average molecular weight is 551 g/mol. The highest BCUT2D eigenvalue weighted by Gasteiger charge is 2.51. The van der Waals surface area contributed by atoms with Crippen LogP contribution in [-0.2, 0) is 20.8 Å². The standard InChI is InChI=1S/C23H21F3N6O3S2/c1-14-10-19(32(30-14)21-28-8-9-36-21)31-12-15(11-17(31)20(33)29-22(13-27)6-7-22)37(34,35)18-5-3-2-4-16(18)23(24,25)26/h2-5,8-10,15,17H,6-7,11-12H2,1H3,(H,29,33)/t15?,17-/m0/s1. The Hall–Kier alpha value is -3.44. The third-order valence-electron chi connectivity index (χ3n) is 6.54. The van der Waals surface area contributed by atoms with Gasteiger partial charge in [-0.2, -0.15) is 28.2 Å². The van der Waals surface area contributed by atoms with Crippen molar-refractivity contribution in [2.75, 3.05) is 11.4 Å². The van der Waals surface area contributed by atoms with Gasteiger partial charge in [0.05, 0.1) is 27.5 Å². The van der Waals surface area contributed by atoms with Crippen LogP contribution in [-0.4, -0.2) is 52.5 Å². The number of halogens is 3. The second kappa shape index (κ2) is 8.84. The summed E-state index contributed by atoms with van der Waals surface area (Å²) in [5, 5.41) is 17.5. The largest absolute Gasteiger partial charge is 0.417 e. The van der Waals surface area contributed by atoms with Crippen LogP contribution in [0.2, 0.25) is 0 Å². The molecule has 1 saturated carbocycles. The maximum absolute atomic E-state index is 13.7. The van der Waals surface area contributed by atoms with E-state index >= 15 is 0 Å². The number of nitrogens with zero attached hydrogens (tertiary/aromatic N) is 5. The molecular weight excluding hydrogens is 529 g/mol. The van der Waals surface area contributed by atoms with E-state index in [4.69, 9.17) is 0 Å². The molecule has 0 spiro atoms. The number of anilines is 1. The lowest BCUT2D eigenvalue weighted by atomic mass is 10.1. The quantitative estimate of drug-likeness (QED) is 0.500. The van der Waals surface area contributed by atoms with E-state index in [1.54, 1.807) is 24.6 Å². The summed E-state index contributed by atoms with van der Waals surface area (Å²) in [6.45, 7) is 1.48. The predicted octanol–water partition coefficient (Wildman–Crippen LogP) is 3.25. The van der Waals surface area contributed by atoms with Gasteiger partial charge in [0, 0.05) is 24.2 Å². The van der Waals surface area contributed by atoms with Crippen LogP contribution in [0.1, 0.15) is 30.5 Å². The Bertz CT molecular complexity index is 1490. The Morgan fingerprint density at radius 1 is 1.30 bits per heavy atom. The number of carbonyl (C=O) groups is 1. The van der Waals surface area contributed by atoms with E-state index in [0.29, 0.717) is 29.5 Å². The fraction of sp³-hybridized carbons (Fsp3) is 0.391. The van der Waals surface area contributed by atoms with Crippen molar-refractivity contribution in [2.45, 2.75) is 54.1 Å². The zero-order valence-electron chi connectivity index (χ0n) is 19.4. The van der Waals surface area contributed by atoms with Crippen LogP contribution in [0.5, 0.6) is 0 Å². The minimum atomic E-state index is -4.87. The number of carbonyl (C=O) groups excluding carboxylic acids is 1. The van der Waals surface area contributed by atoms with Crippen LogP contribution in [0.3, 0.4) is 0 Å². The van der Waals surface area contributed by atoms with Crippen molar-refractivity contribution in [3.8, 4) is 11.2 Å². The molecule has 2 aliphatic rings. The summed E-state index contributed by atoms with van der Waals surface area (Å²) in [7, 11) is -4.50. The molecule has 14 heteroatoms. The van der Waals surface area contributed by atoms with Gasteiger partial charge in [0.25, 0.3) is 0 Å². The number of rotatable bonds is 6. The number of aromatic nitrogens is 3. The van der Waals surface area contributed by atoms with E-state index < -0.39 is 49.2 Å². The van der Waals surface area contributed by atoms with Crippen LogP contribution in [0.25, 0.3) is 5.13 Å². The molecule has 9 nitrogen and oxygen atoms in total. The molecule has 194 valence electrons. The fourth-order valence-corrected chi connectivity index (χ4v) is 7.02. The highest BCUT2D eigenvalue weighted by molar-refractivity contribution is 7.92. The summed E-state index contributed by atoms with van der Waals surface area (Å²) in [6, 6.07) is 6.72. The van der Waals surface area contributed by atoms with Crippen molar-refractivity contribution in [2.24, 2.45) is 0 Å². The molecule has 1 amide bonds. The zero-order valence-corrected chi connectivity index (χ0v) is 21.1. The Morgan fingerprint density at radius 2 is 2.03 bits per heavy atom. The molecule has 37 heavy (non-hydrogen) atoms. The van der Waals surface area contributed by atoms with Crippen molar-refractivity contribution in [1.82, 2.24) is 20.1 Å². The van der Waals surface area contributed by atoms with Gasteiger partial charge in [-0.25, -0.2) is 13.4 Å². The van der Waals surface area contributed by atoms with Crippen LogP contribution >= 0.6 is 11.3 Å². The molecule has 2 atom stereocenters. The smallest absolute Gasteiger partial charge is 0.343 e. The molecule has 0 radical (unpaired) electrons. The maximum atomic E-state index is 13.7. The number of benzene rings is 1. The van der Waals surface area contributed by atoms with Crippen LogP contribution < -0.4 is 10.2 Å². The average Bonchev–Trinajstić information content (AvgIpc) is 3.24. The van der Waals surface area contributed by atoms with Gasteiger partial charge in [0.2, 0.25) is 11.0 Å². The summed E-state index contributed by atoms with van der Waals surface area (Å²) < 4.78 is 69.6. The van der Waals surface area contributed by atoms with E-state index in [9.17, 15) is 31.6 Å². The van der Waals surface area contributed by atoms with E-state index in [-0.39, 0.29) is 13.0 Å². The Balaban J connectivity index is 1.56. The van der Waals surface area contributed by atoms with Gasteiger partial charge < -0.3 is 10.2 Å². The summed E-state index contributed by atoms with van der Waals surface area (Å²) in [5.41, 5.74) is -1.68. The highest BCUT2D eigenvalue weighted by atomic mass is 32.2. The van der Waals surface area contributed by atoms with Crippen molar-refractivity contribution >= 4 is 32.9 Å². The number of aryl methyl sites for hydroxylation is 1. The van der Waals surface area contributed by atoms with Crippen molar-refractivity contribution in [3.63, 3.8) is 0 Å². The first-order valence-corrected chi connectivity index (χ1v) is 13.7. The predicted molar refractivity (Wildman–Crippen MR) is 128 cm³/mol. The molecule has 2 fully saturated rings. The zero-order chi connectivity index (χ0) is 26.6. The molecule has 3 heterocycles. The molecule has 1 N–H and O–H groups in total. The van der Waals surface area contributed by atoms with E-state index in [2.05, 4.69) is 21.5 Å². The van der Waals surface area contributed by atoms with E-state index in [1.165, 1.54) is 27.0 Å². The van der Waals surface area contributed by atoms with Gasteiger partial charge in [-0.1, -0.05) is 12.1 Å². The summed E-state index contributed by atoms with van der Waals surface area (Å²) >= 11 is 1.28. The monoisotopic (exact) mass is 550 g/mol. The second-order valence-electron chi connectivity index (χ2n) is 9.12. The third-order valence-corrected chi connectivity index (χ3v) is 9.47. The number of nitriles is 1. The lowest BCUT2D eigenvalue weighted by molar-refractivity contribution is -0.139. The number of hydrogen-bond acceptors (Lipinski definition) is 8. The lowest BCUT2D eigenvalue weighted by Crippen LogP contribution is -2.48. The molecule has 1 aliphatic carbocycles. The van der Waals surface area contributed by atoms with Gasteiger partial charge in [0.15, 0.2) is 9.84 Å². The fourth-order valence-electron chi connectivity index (χ4n) is 4.51. The van der Waals surface area contributed by atoms with Crippen LogP contribution in [0.15, 0.2) is 46.8 Å².